The van der Waals surface area contributed by atoms with Gasteiger partial charge in [0.1, 0.15) is 11.6 Å². The molecule has 1 aromatic carbocycles. The van der Waals surface area contributed by atoms with Gasteiger partial charge >= 0.3 is 6.61 Å². The average Bonchev–Trinajstić information content (AvgIpc) is 3.00. The van der Waals surface area contributed by atoms with Gasteiger partial charge in [-0.2, -0.15) is 20.5 Å². The van der Waals surface area contributed by atoms with Crippen LogP contribution in [-0.2, 0) is 20.1 Å². The summed E-state index contributed by atoms with van der Waals surface area (Å²) in [4.78, 5) is 4.50. The summed E-state index contributed by atoms with van der Waals surface area (Å²) in [5.74, 6) is 3.17. The molecule has 1 heterocycles. The summed E-state index contributed by atoms with van der Waals surface area (Å²) in [5, 5.41) is 15.0. The first-order valence-corrected chi connectivity index (χ1v) is 10.8. The van der Waals surface area contributed by atoms with E-state index in [4.69, 9.17) is 11.6 Å². The van der Waals surface area contributed by atoms with Crippen molar-refractivity contribution >= 4 is 29.3 Å². The van der Waals surface area contributed by atoms with E-state index in [9.17, 15) is 8.78 Å². The fourth-order valence-electron chi connectivity index (χ4n) is 2.41. The monoisotopic (exact) mass is 446 g/mol. The Bertz CT molecular complexity index is 818. The first-order chi connectivity index (χ1) is 13.9. The minimum absolute atomic E-state index is 0.0545. The normalized spacial score (nSPS) is 11.8. The number of halogens is 3. The first-order valence-electron chi connectivity index (χ1n) is 9.00. The molecule has 0 aliphatic carbocycles. The van der Waals surface area contributed by atoms with Gasteiger partial charge in [0, 0.05) is 24.2 Å². The second-order valence-corrected chi connectivity index (χ2v) is 7.57. The molecule has 0 fully saturated rings. The van der Waals surface area contributed by atoms with Crippen LogP contribution in [-0.4, -0.2) is 45.9 Å². The van der Waals surface area contributed by atoms with Crippen LogP contribution in [0.15, 0.2) is 23.2 Å². The summed E-state index contributed by atoms with van der Waals surface area (Å²) in [6.45, 7) is 0.219. The fourth-order valence-corrected chi connectivity index (χ4v) is 3.04. The summed E-state index contributed by atoms with van der Waals surface area (Å²) in [6, 6.07) is 4.49. The maximum atomic E-state index is 12.7. The summed E-state index contributed by atoms with van der Waals surface area (Å²) >= 11 is 7.77. The zero-order chi connectivity index (χ0) is 21.2. The van der Waals surface area contributed by atoms with E-state index >= 15 is 0 Å². The highest BCUT2D eigenvalue weighted by molar-refractivity contribution is 7.98. The topological polar surface area (TPSA) is 76.4 Å². The predicted octanol–water partition coefficient (Wildman–Crippen LogP) is 3.37. The largest absolute Gasteiger partial charge is 0.434 e. The number of alkyl halides is 2. The van der Waals surface area contributed by atoms with Crippen LogP contribution in [0.2, 0.25) is 5.02 Å². The quantitative estimate of drug-likeness (QED) is 0.331. The Morgan fingerprint density at radius 2 is 2.14 bits per heavy atom. The molecule has 2 rings (SSSR count). The number of hydrogen-bond donors (Lipinski definition) is 2. The van der Waals surface area contributed by atoms with Crippen molar-refractivity contribution in [3.05, 3.63) is 40.4 Å². The van der Waals surface area contributed by atoms with Crippen molar-refractivity contribution in [2.45, 2.75) is 33.0 Å². The molecule has 2 aromatic rings. The highest BCUT2D eigenvalue weighted by atomic mass is 35.5. The molecular formula is C18H25ClF2N6OS. The fraction of sp³-hybridized carbons (Fsp3) is 0.500. The number of thioether (sulfide) groups is 1. The smallest absolute Gasteiger partial charge is 0.387 e. The molecular weight excluding hydrogens is 422 g/mol. The van der Waals surface area contributed by atoms with Gasteiger partial charge in [-0.25, -0.2) is 4.99 Å². The Morgan fingerprint density at radius 1 is 1.34 bits per heavy atom. The Labute approximate surface area is 178 Å². The molecule has 0 atom stereocenters. The van der Waals surface area contributed by atoms with Gasteiger partial charge in [-0.05, 0) is 43.6 Å². The second-order valence-electron chi connectivity index (χ2n) is 6.14. The summed E-state index contributed by atoms with van der Waals surface area (Å²) in [5.41, 5.74) is 0.470. The van der Waals surface area contributed by atoms with Crippen molar-refractivity contribution in [1.82, 2.24) is 25.4 Å². The lowest BCUT2D eigenvalue weighted by Crippen LogP contribution is -2.38. The van der Waals surface area contributed by atoms with Crippen molar-refractivity contribution in [1.29, 1.82) is 0 Å². The van der Waals surface area contributed by atoms with Crippen molar-refractivity contribution in [2.75, 3.05) is 18.6 Å². The van der Waals surface area contributed by atoms with Crippen LogP contribution >= 0.6 is 23.4 Å². The van der Waals surface area contributed by atoms with Crippen LogP contribution in [0, 0.1) is 6.92 Å². The van der Waals surface area contributed by atoms with Gasteiger partial charge < -0.3 is 19.9 Å². The van der Waals surface area contributed by atoms with Gasteiger partial charge in [0.05, 0.1) is 13.1 Å². The molecule has 0 saturated heterocycles. The Hall–Kier alpha value is -2.07. The number of aliphatic imine (C=N–C) groups is 1. The Kier molecular flexibility index (Phi) is 9.46. The maximum Gasteiger partial charge on any atom is 0.387 e. The van der Waals surface area contributed by atoms with Crippen molar-refractivity contribution < 1.29 is 13.5 Å². The van der Waals surface area contributed by atoms with E-state index in [1.807, 2.05) is 24.8 Å². The van der Waals surface area contributed by atoms with Crippen LogP contribution in [0.1, 0.15) is 23.6 Å². The van der Waals surface area contributed by atoms with E-state index in [-0.39, 0.29) is 12.3 Å². The number of hydrogen-bond acceptors (Lipinski definition) is 5. The number of aryl methyl sites for hydroxylation is 1. The highest BCUT2D eigenvalue weighted by Gasteiger charge is 2.11. The summed E-state index contributed by atoms with van der Waals surface area (Å²) < 4.78 is 31.8. The van der Waals surface area contributed by atoms with E-state index < -0.39 is 6.61 Å². The lowest BCUT2D eigenvalue weighted by atomic mass is 10.2. The van der Waals surface area contributed by atoms with Gasteiger partial charge in [0.15, 0.2) is 11.8 Å². The van der Waals surface area contributed by atoms with Crippen molar-refractivity contribution in [2.24, 2.45) is 12.0 Å². The van der Waals surface area contributed by atoms with Crippen molar-refractivity contribution in [3.63, 3.8) is 0 Å². The van der Waals surface area contributed by atoms with E-state index in [1.165, 1.54) is 12.1 Å². The molecule has 2 N–H and O–H groups in total. The third-order valence-electron chi connectivity index (χ3n) is 4.06. The van der Waals surface area contributed by atoms with Gasteiger partial charge in [-0.15, -0.1) is 10.2 Å². The summed E-state index contributed by atoms with van der Waals surface area (Å²) in [6.07, 6.45) is 3.01. The number of benzene rings is 1. The number of guanidine groups is 1. The molecule has 29 heavy (non-hydrogen) atoms. The van der Waals surface area contributed by atoms with Gasteiger partial charge in [0.2, 0.25) is 0 Å². The van der Waals surface area contributed by atoms with Crippen LogP contribution < -0.4 is 15.4 Å². The standard InChI is InChI=1S/C18H25ClF2N6OS/c1-12-25-26-16(27(12)2)11-24-18(22-7-4-8-29-3)23-10-13-9-14(19)5-6-15(13)28-17(20)21/h5-6,9,17H,4,7-8,10-11H2,1-3H3,(H2,22,23,24). The predicted molar refractivity (Wildman–Crippen MR) is 113 cm³/mol. The van der Waals surface area contributed by atoms with Gasteiger partial charge in [-0.3, -0.25) is 0 Å². The van der Waals surface area contributed by atoms with Crippen LogP contribution in [0.5, 0.6) is 5.75 Å². The van der Waals surface area contributed by atoms with E-state index in [0.717, 1.165) is 30.4 Å². The lowest BCUT2D eigenvalue weighted by molar-refractivity contribution is -0.0504. The third kappa shape index (κ3) is 7.69. The minimum Gasteiger partial charge on any atom is -0.434 e. The number of rotatable bonds is 10. The maximum absolute atomic E-state index is 12.7. The van der Waals surface area contributed by atoms with Crippen LogP contribution in [0.3, 0.4) is 0 Å². The zero-order valence-electron chi connectivity index (χ0n) is 16.6. The molecule has 0 radical (unpaired) electrons. The Morgan fingerprint density at radius 3 is 2.79 bits per heavy atom. The molecule has 1 aromatic heterocycles. The van der Waals surface area contributed by atoms with E-state index in [2.05, 4.69) is 30.6 Å². The third-order valence-corrected chi connectivity index (χ3v) is 4.99. The molecule has 0 bridgehead atoms. The summed E-state index contributed by atoms with van der Waals surface area (Å²) in [7, 11) is 1.88. The van der Waals surface area contributed by atoms with Gasteiger partial charge in [0.25, 0.3) is 0 Å². The molecule has 0 saturated carbocycles. The second kappa shape index (κ2) is 11.8. The molecule has 0 aliphatic heterocycles. The number of aromatic nitrogens is 3. The van der Waals surface area contributed by atoms with Crippen molar-refractivity contribution in [3.8, 4) is 5.75 Å². The van der Waals surface area contributed by atoms with E-state index in [0.29, 0.717) is 23.1 Å². The molecule has 7 nitrogen and oxygen atoms in total. The Balaban J connectivity index is 2.11. The number of nitrogens with zero attached hydrogens (tertiary/aromatic N) is 4. The minimum atomic E-state index is -2.92. The molecule has 11 heteroatoms. The molecule has 0 unspecified atom stereocenters. The molecule has 0 aliphatic rings. The lowest BCUT2D eigenvalue weighted by Gasteiger charge is -2.14. The average molecular weight is 447 g/mol. The highest BCUT2D eigenvalue weighted by Crippen LogP contribution is 2.25. The van der Waals surface area contributed by atoms with Gasteiger partial charge in [-0.1, -0.05) is 11.6 Å². The molecule has 0 spiro atoms. The first kappa shape index (κ1) is 23.2. The zero-order valence-corrected chi connectivity index (χ0v) is 18.2. The molecule has 0 amide bonds. The van der Waals surface area contributed by atoms with E-state index in [1.54, 1.807) is 17.8 Å². The molecule has 160 valence electrons. The van der Waals surface area contributed by atoms with Crippen LogP contribution in [0.4, 0.5) is 8.78 Å². The van der Waals surface area contributed by atoms with Crippen LogP contribution in [0.25, 0.3) is 0 Å². The SMILES string of the molecule is CSCCCNC(=NCc1cc(Cl)ccc1OC(F)F)NCc1nnc(C)n1C. The number of nitrogens with one attached hydrogen (secondary N) is 2. The number of ether oxygens (including phenoxy) is 1.